The molecule has 0 amide bonds. The van der Waals surface area contributed by atoms with Crippen molar-refractivity contribution in [1.82, 2.24) is 4.72 Å². The molecule has 0 unspecified atom stereocenters. The minimum atomic E-state index is -3.43. The van der Waals surface area contributed by atoms with Gasteiger partial charge in [0.15, 0.2) is 0 Å². The highest BCUT2D eigenvalue weighted by atomic mass is 79.9. The van der Waals surface area contributed by atoms with Crippen molar-refractivity contribution in [1.29, 1.82) is 0 Å². The molecular weight excluding hydrogens is 394 g/mol. The fourth-order valence-corrected chi connectivity index (χ4v) is 5.54. The van der Waals surface area contributed by atoms with Gasteiger partial charge < -0.3 is 0 Å². The molecular formula is C13H15Br2NO2S. The van der Waals surface area contributed by atoms with Crippen LogP contribution in [0.5, 0.6) is 0 Å². The molecule has 2 saturated carbocycles. The van der Waals surface area contributed by atoms with Crippen LogP contribution in [0.4, 0.5) is 0 Å². The highest BCUT2D eigenvalue weighted by molar-refractivity contribution is 9.11. The third-order valence-electron chi connectivity index (χ3n) is 3.73. The first-order valence-electron chi connectivity index (χ1n) is 6.45. The lowest BCUT2D eigenvalue weighted by Crippen LogP contribution is -2.38. The fraction of sp³-hybridized carbons (Fsp3) is 0.538. The lowest BCUT2D eigenvalue weighted by molar-refractivity contribution is 0.471. The van der Waals surface area contributed by atoms with Gasteiger partial charge >= 0.3 is 0 Å². The first-order valence-corrected chi connectivity index (χ1v) is 9.52. The van der Waals surface area contributed by atoms with Crippen LogP contribution in [-0.2, 0) is 10.0 Å². The predicted octanol–water partition coefficient (Wildman–Crippen LogP) is 3.68. The quantitative estimate of drug-likeness (QED) is 0.807. The van der Waals surface area contributed by atoms with Crippen molar-refractivity contribution in [3.8, 4) is 0 Å². The van der Waals surface area contributed by atoms with E-state index in [9.17, 15) is 8.42 Å². The SMILES string of the molecule is O=S(=O)(NC(C1CC1)C1CC1)c1ccc(Br)cc1Br. The third-order valence-corrected chi connectivity index (χ3v) is 6.66. The molecule has 2 fully saturated rings. The monoisotopic (exact) mass is 407 g/mol. The standard InChI is InChI=1S/C13H15Br2NO2S/c14-10-5-6-12(11(15)7-10)19(17,18)16-13(8-1-2-8)9-3-4-9/h5-9,13,16H,1-4H2. The van der Waals surface area contributed by atoms with Gasteiger partial charge in [-0.3, -0.25) is 0 Å². The number of rotatable bonds is 5. The van der Waals surface area contributed by atoms with Crippen molar-refractivity contribution in [3.05, 3.63) is 27.1 Å². The van der Waals surface area contributed by atoms with E-state index in [-0.39, 0.29) is 6.04 Å². The summed E-state index contributed by atoms with van der Waals surface area (Å²) in [5.41, 5.74) is 0. The Morgan fingerprint density at radius 3 is 2.16 bits per heavy atom. The Hall–Kier alpha value is 0.0900. The van der Waals surface area contributed by atoms with Crippen LogP contribution < -0.4 is 4.72 Å². The zero-order valence-electron chi connectivity index (χ0n) is 10.3. The van der Waals surface area contributed by atoms with Crippen molar-refractivity contribution < 1.29 is 8.42 Å². The minimum absolute atomic E-state index is 0.139. The zero-order chi connectivity index (χ0) is 13.6. The summed E-state index contributed by atoms with van der Waals surface area (Å²) < 4.78 is 29.3. The van der Waals surface area contributed by atoms with E-state index in [1.54, 1.807) is 18.2 Å². The van der Waals surface area contributed by atoms with Crippen LogP contribution in [0.1, 0.15) is 25.7 Å². The van der Waals surface area contributed by atoms with Gasteiger partial charge in [-0.15, -0.1) is 0 Å². The molecule has 0 bridgehead atoms. The fourth-order valence-electron chi connectivity index (χ4n) is 2.42. The van der Waals surface area contributed by atoms with Crippen molar-refractivity contribution in [3.63, 3.8) is 0 Å². The van der Waals surface area contributed by atoms with Gasteiger partial charge in [0.1, 0.15) is 0 Å². The summed E-state index contributed by atoms with van der Waals surface area (Å²) >= 11 is 6.66. The van der Waals surface area contributed by atoms with E-state index in [1.165, 1.54) is 0 Å². The van der Waals surface area contributed by atoms with E-state index in [4.69, 9.17) is 0 Å². The summed E-state index contributed by atoms with van der Waals surface area (Å²) in [4.78, 5) is 0.321. The van der Waals surface area contributed by atoms with E-state index < -0.39 is 10.0 Å². The van der Waals surface area contributed by atoms with Gasteiger partial charge in [-0.2, -0.15) is 0 Å². The average Bonchev–Trinajstić information content (AvgIpc) is 3.18. The number of benzene rings is 1. The lowest BCUT2D eigenvalue weighted by Gasteiger charge is -2.18. The van der Waals surface area contributed by atoms with Crippen molar-refractivity contribution in [2.45, 2.75) is 36.6 Å². The van der Waals surface area contributed by atoms with Gasteiger partial charge in [-0.05, 0) is 71.6 Å². The van der Waals surface area contributed by atoms with Crippen LogP contribution >= 0.6 is 31.9 Å². The first kappa shape index (κ1) is 14.0. The largest absolute Gasteiger partial charge is 0.241 e. The molecule has 19 heavy (non-hydrogen) atoms. The molecule has 0 atom stereocenters. The molecule has 2 aliphatic carbocycles. The molecule has 1 aromatic rings. The van der Waals surface area contributed by atoms with E-state index in [2.05, 4.69) is 36.6 Å². The summed E-state index contributed by atoms with van der Waals surface area (Å²) in [6, 6.07) is 5.29. The van der Waals surface area contributed by atoms with Gasteiger partial charge in [-0.25, -0.2) is 13.1 Å². The van der Waals surface area contributed by atoms with Crippen LogP contribution in [-0.4, -0.2) is 14.5 Å². The van der Waals surface area contributed by atoms with Gasteiger partial charge in [0, 0.05) is 15.0 Å². The topological polar surface area (TPSA) is 46.2 Å². The first-order chi connectivity index (χ1) is 8.97. The maximum Gasteiger partial charge on any atom is 0.241 e. The molecule has 1 N–H and O–H groups in total. The Morgan fingerprint density at radius 1 is 1.11 bits per heavy atom. The van der Waals surface area contributed by atoms with Crippen LogP contribution in [0.3, 0.4) is 0 Å². The molecule has 3 rings (SSSR count). The third kappa shape index (κ3) is 3.23. The van der Waals surface area contributed by atoms with E-state index in [1.807, 2.05) is 0 Å². The van der Waals surface area contributed by atoms with Crippen LogP contribution in [0.2, 0.25) is 0 Å². The summed E-state index contributed by atoms with van der Waals surface area (Å²) in [5, 5.41) is 0. The van der Waals surface area contributed by atoms with Gasteiger partial charge in [0.25, 0.3) is 0 Å². The van der Waals surface area contributed by atoms with Crippen molar-refractivity contribution >= 4 is 41.9 Å². The second kappa shape index (κ2) is 5.13. The number of nitrogens with one attached hydrogen (secondary N) is 1. The Bertz CT molecular complexity index is 583. The molecule has 6 heteroatoms. The summed E-state index contributed by atoms with van der Waals surface area (Å²) in [6.45, 7) is 0. The second-order valence-electron chi connectivity index (χ2n) is 5.40. The molecule has 0 aliphatic heterocycles. The van der Waals surface area contributed by atoms with E-state index in [0.717, 1.165) is 30.2 Å². The summed E-state index contributed by atoms with van der Waals surface area (Å²) in [7, 11) is -3.43. The van der Waals surface area contributed by atoms with Crippen molar-refractivity contribution in [2.24, 2.45) is 11.8 Å². The lowest BCUT2D eigenvalue weighted by atomic mass is 10.1. The Balaban J connectivity index is 1.85. The van der Waals surface area contributed by atoms with Crippen molar-refractivity contribution in [2.75, 3.05) is 0 Å². The highest BCUT2D eigenvalue weighted by Crippen LogP contribution is 2.45. The minimum Gasteiger partial charge on any atom is -0.207 e. The van der Waals surface area contributed by atoms with Gasteiger partial charge in [0.2, 0.25) is 10.0 Å². The van der Waals surface area contributed by atoms with Crippen LogP contribution in [0, 0.1) is 11.8 Å². The molecule has 0 radical (unpaired) electrons. The smallest absolute Gasteiger partial charge is 0.207 e. The van der Waals surface area contributed by atoms with Crippen LogP contribution in [0.15, 0.2) is 32.0 Å². The van der Waals surface area contributed by atoms with Gasteiger partial charge in [0.05, 0.1) is 4.90 Å². The Labute approximate surface area is 130 Å². The second-order valence-corrected chi connectivity index (χ2v) is 8.85. The maximum absolute atomic E-state index is 12.5. The number of halogens is 2. The average molecular weight is 409 g/mol. The summed E-state index contributed by atoms with van der Waals surface area (Å²) in [5.74, 6) is 1.10. The van der Waals surface area contributed by atoms with Crippen LogP contribution in [0.25, 0.3) is 0 Å². The predicted molar refractivity (Wildman–Crippen MR) is 81.4 cm³/mol. The van der Waals surface area contributed by atoms with E-state index >= 15 is 0 Å². The molecule has 0 spiro atoms. The maximum atomic E-state index is 12.5. The zero-order valence-corrected chi connectivity index (χ0v) is 14.3. The molecule has 3 nitrogen and oxygen atoms in total. The molecule has 0 aromatic heterocycles. The Kier molecular flexibility index (Phi) is 3.79. The highest BCUT2D eigenvalue weighted by Gasteiger charge is 2.43. The normalized spacial score (nSPS) is 19.9. The summed E-state index contributed by atoms with van der Waals surface area (Å²) in [6.07, 6.45) is 4.63. The number of sulfonamides is 1. The number of hydrogen-bond donors (Lipinski definition) is 1. The molecule has 2 aliphatic rings. The molecule has 0 saturated heterocycles. The molecule has 1 aromatic carbocycles. The van der Waals surface area contributed by atoms with E-state index in [0.29, 0.717) is 21.2 Å². The number of hydrogen-bond acceptors (Lipinski definition) is 2. The molecule has 0 heterocycles. The molecule has 104 valence electrons. The Morgan fingerprint density at radius 2 is 1.68 bits per heavy atom. The van der Waals surface area contributed by atoms with Gasteiger partial charge in [-0.1, -0.05) is 15.9 Å².